The van der Waals surface area contributed by atoms with Crippen molar-refractivity contribution in [2.45, 2.75) is 12.2 Å². The van der Waals surface area contributed by atoms with E-state index in [4.69, 9.17) is 9.84 Å². The number of H-pyrrole nitrogens is 1. The normalized spacial score (nSPS) is 13.4. The van der Waals surface area contributed by atoms with Gasteiger partial charge in [0.2, 0.25) is 0 Å². The number of methoxy groups -OCH3 is 1. The molecule has 18 heavy (non-hydrogen) atoms. The first-order chi connectivity index (χ1) is 8.40. The summed E-state index contributed by atoms with van der Waals surface area (Å²) in [7, 11) is 1.34. The predicted molar refractivity (Wildman–Crippen MR) is 56.2 cm³/mol. The Morgan fingerprint density at radius 3 is 2.78 bits per heavy atom. The maximum Gasteiger partial charge on any atom is 0.423 e. The van der Waals surface area contributed by atoms with E-state index in [1.165, 1.54) is 7.11 Å². The van der Waals surface area contributed by atoms with Gasteiger partial charge < -0.3 is 15.2 Å². The summed E-state index contributed by atoms with van der Waals surface area (Å²) in [6.45, 7) is -0.460. The predicted octanol–water partition coefficient (Wildman–Crippen LogP) is 0.208. The lowest BCUT2D eigenvalue weighted by Gasteiger charge is -2.18. The molecule has 0 fully saturated rings. The van der Waals surface area contributed by atoms with Crippen LogP contribution in [-0.2, 0) is 10.9 Å². The van der Waals surface area contributed by atoms with Gasteiger partial charge in [0.25, 0.3) is 5.56 Å². The minimum atomic E-state index is -4.81. The van der Waals surface area contributed by atoms with Crippen molar-refractivity contribution in [3.8, 4) is 0 Å². The number of hydrogen-bond acceptors (Lipinski definition) is 5. The van der Waals surface area contributed by atoms with E-state index in [9.17, 15) is 18.0 Å². The lowest BCUT2D eigenvalue weighted by Crippen LogP contribution is -2.32. The van der Waals surface area contributed by atoms with Crippen molar-refractivity contribution in [2.24, 2.45) is 0 Å². The average molecular weight is 267 g/mol. The van der Waals surface area contributed by atoms with Crippen molar-refractivity contribution in [2.75, 3.05) is 25.6 Å². The van der Waals surface area contributed by atoms with Crippen LogP contribution >= 0.6 is 0 Å². The number of nitrogens with zero attached hydrogens (tertiary/aromatic N) is 1. The van der Waals surface area contributed by atoms with E-state index in [-0.39, 0.29) is 6.61 Å². The molecule has 0 aliphatic heterocycles. The van der Waals surface area contributed by atoms with Crippen molar-refractivity contribution in [1.82, 2.24) is 10.2 Å². The summed E-state index contributed by atoms with van der Waals surface area (Å²) in [6.07, 6.45) is -3.98. The molecular weight excluding hydrogens is 255 g/mol. The summed E-state index contributed by atoms with van der Waals surface area (Å²) in [4.78, 5) is 11.1. The highest BCUT2D eigenvalue weighted by Crippen LogP contribution is 2.31. The minimum absolute atomic E-state index is 0.0133. The fourth-order valence-corrected chi connectivity index (χ4v) is 1.35. The van der Waals surface area contributed by atoms with Gasteiger partial charge in [0.15, 0.2) is 0 Å². The van der Waals surface area contributed by atoms with Crippen molar-refractivity contribution in [3.63, 3.8) is 0 Å². The number of aliphatic hydroxyl groups is 1. The lowest BCUT2D eigenvalue weighted by molar-refractivity contribution is -0.138. The van der Waals surface area contributed by atoms with Crippen LogP contribution in [0.4, 0.5) is 18.9 Å². The molecule has 0 spiro atoms. The molecular formula is C9H12F3N3O3. The third-order valence-electron chi connectivity index (χ3n) is 2.09. The van der Waals surface area contributed by atoms with Gasteiger partial charge in [-0.25, -0.2) is 5.10 Å². The molecule has 1 rings (SSSR count). The van der Waals surface area contributed by atoms with Crippen LogP contribution in [0.15, 0.2) is 11.0 Å². The van der Waals surface area contributed by atoms with Gasteiger partial charge in [0.1, 0.15) is 5.56 Å². The van der Waals surface area contributed by atoms with Crippen molar-refractivity contribution in [3.05, 3.63) is 22.1 Å². The fourth-order valence-electron chi connectivity index (χ4n) is 1.35. The molecule has 6 nitrogen and oxygen atoms in total. The molecule has 0 aliphatic rings. The zero-order chi connectivity index (χ0) is 13.8. The van der Waals surface area contributed by atoms with Crippen molar-refractivity contribution < 1.29 is 23.0 Å². The molecule has 0 amide bonds. The largest absolute Gasteiger partial charge is 0.423 e. The Labute approximate surface area is 99.8 Å². The van der Waals surface area contributed by atoms with Crippen LogP contribution in [0, 0.1) is 0 Å². The molecule has 1 unspecified atom stereocenters. The highest BCUT2D eigenvalue weighted by atomic mass is 19.4. The Bertz CT molecular complexity index is 447. The first kappa shape index (κ1) is 14.5. The quantitative estimate of drug-likeness (QED) is 0.709. The first-order valence-corrected chi connectivity index (χ1v) is 4.91. The average Bonchev–Trinajstić information content (AvgIpc) is 2.26. The van der Waals surface area contributed by atoms with Gasteiger partial charge in [-0.05, 0) is 0 Å². The highest BCUT2D eigenvalue weighted by molar-refractivity contribution is 5.50. The van der Waals surface area contributed by atoms with Crippen LogP contribution in [-0.4, -0.2) is 41.7 Å². The second-order valence-corrected chi connectivity index (χ2v) is 3.46. The van der Waals surface area contributed by atoms with Crippen LogP contribution < -0.4 is 10.9 Å². The Morgan fingerprint density at radius 2 is 2.28 bits per heavy atom. The third-order valence-corrected chi connectivity index (χ3v) is 2.09. The monoisotopic (exact) mass is 267 g/mol. The number of aliphatic hydroxyl groups excluding tert-OH is 1. The van der Waals surface area contributed by atoms with E-state index < -0.39 is 35.6 Å². The summed E-state index contributed by atoms with van der Waals surface area (Å²) in [5.74, 6) is 0. The highest BCUT2D eigenvalue weighted by Gasteiger charge is 2.37. The molecule has 0 saturated carbocycles. The number of rotatable bonds is 5. The number of halogens is 3. The van der Waals surface area contributed by atoms with Gasteiger partial charge >= 0.3 is 6.18 Å². The maximum absolute atomic E-state index is 12.7. The zero-order valence-corrected chi connectivity index (χ0v) is 9.41. The second kappa shape index (κ2) is 5.83. The van der Waals surface area contributed by atoms with E-state index >= 15 is 0 Å². The molecule has 1 atom stereocenters. The number of aromatic nitrogens is 2. The number of anilines is 1. The molecule has 1 aromatic rings. The van der Waals surface area contributed by atoms with Crippen LogP contribution in [0.2, 0.25) is 0 Å². The van der Waals surface area contributed by atoms with E-state index in [1.807, 2.05) is 0 Å². The molecule has 102 valence electrons. The van der Waals surface area contributed by atoms with Gasteiger partial charge in [-0.2, -0.15) is 18.3 Å². The summed E-state index contributed by atoms with van der Waals surface area (Å²) in [6, 6.07) is -0.764. The van der Waals surface area contributed by atoms with Gasteiger partial charge in [-0.15, -0.1) is 0 Å². The molecule has 0 aliphatic carbocycles. The standard InChI is InChI=1S/C9H12F3N3O3/c1-18-4-5(3-16)14-6-2-13-15-8(17)7(6)9(10,11)12/h2,5,16H,3-4H2,1H3,(H2,14,15,17). The minimum Gasteiger partial charge on any atom is -0.394 e. The molecule has 0 bridgehead atoms. The molecule has 1 heterocycles. The Balaban J connectivity index is 3.09. The topological polar surface area (TPSA) is 87.2 Å². The molecule has 1 aromatic heterocycles. The smallest absolute Gasteiger partial charge is 0.394 e. The summed E-state index contributed by atoms with van der Waals surface area (Å²) >= 11 is 0. The summed E-state index contributed by atoms with van der Waals surface area (Å²) < 4.78 is 42.7. The second-order valence-electron chi connectivity index (χ2n) is 3.46. The number of hydrogen-bond donors (Lipinski definition) is 3. The lowest BCUT2D eigenvalue weighted by atomic mass is 10.2. The van der Waals surface area contributed by atoms with E-state index in [0.717, 1.165) is 6.20 Å². The summed E-state index contributed by atoms with van der Waals surface area (Å²) in [5.41, 5.74) is -3.23. The van der Waals surface area contributed by atoms with Crippen LogP contribution in [0.3, 0.4) is 0 Å². The Hall–Kier alpha value is -1.61. The van der Waals surface area contributed by atoms with Crippen LogP contribution in [0.25, 0.3) is 0 Å². The number of alkyl halides is 3. The first-order valence-electron chi connectivity index (χ1n) is 4.91. The SMILES string of the molecule is COCC(CO)Nc1cn[nH]c(=O)c1C(F)(F)F. The number of aromatic amines is 1. The molecule has 0 radical (unpaired) electrons. The van der Waals surface area contributed by atoms with Crippen LogP contribution in [0.1, 0.15) is 5.56 Å². The van der Waals surface area contributed by atoms with Crippen LogP contribution in [0.5, 0.6) is 0 Å². The van der Waals surface area contributed by atoms with E-state index in [2.05, 4.69) is 10.4 Å². The number of nitrogens with one attached hydrogen (secondary N) is 2. The van der Waals surface area contributed by atoms with Gasteiger partial charge in [-0.3, -0.25) is 4.79 Å². The van der Waals surface area contributed by atoms with Gasteiger partial charge in [0.05, 0.1) is 31.1 Å². The number of ether oxygens (including phenoxy) is 1. The molecule has 0 saturated heterocycles. The molecule has 9 heteroatoms. The molecule has 0 aromatic carbocycles. The maximum atomic E-state index is 12.7. The third kappa shape index (κ3) is 3.44. The zero-order valence-electron chi connectivity index (χ0n) is 9.41. The molecule has 3 N–H and O–H groups in total. The Morgan fingerprint density at radius 1 is 1.61 bits per heavy atom. The van der Waals surface area contributed by atoms with Crippen molar-refractivity contribution >= 4 is 5.69 Å². The van der Waals surface area contributed by atoms with Gasteiger partial charge in [0, 0.05) is 7.11 Å². The van der Waals surface area contributed by atoms with Crippen molar-refractivity contribution in [1.29, 1.82) is 0 Å². The fraction of sp³-hybridized carbons (Fsp3) is 0.556. The van der Waals surface area contributed by atoms with Gasteiger partial charge in [-0.1, -0.05) is 0 Å². The Kier molecular flexibility index (Phi) is 4.68. The summed E-state index contributed by atoms with van der Waals surface area (Å²) in [5, 5.41) is 16.3. The van der Waals surface area contributed by atoms with E-state index in [1.54, 1.807) is 5.10 Å². The van der Waals surface area contributed by atoms with E-state index in [0.29, 0.717) is 0 Å².